The number of amides is 2. The van der Waals surface area contributed by atoms with E-state index in [1.165, 1.54) is 35.2 Å². The van der Waals surface area contributed by atoms with Gasteiger partial charge in [0.1, 0.15) is 11.4 Å². The third-order valence-corrected chi connectivity index (χ3v) is 6.47. The van der Waals surface area contributed by atoms with Gasteiger partial charge in [0.15, 0.2) is 0 Å². The number of rotatable bonds is 4. The quantitative estimate of drug-likeness (QED) is 0.419. The Labute approximate surface area is 206 Å². The number of aliphatic hydroxyl groups excluding tert-OH is 1. The third kappa shape index (κ3) is 4.60. The number of carbonyl (C=O) groups excluding carboxylic acids is 2. The molecule has 0 fully saturated rings. The number of aliphatic hydroxyl groups is 2. The van der Waals surface area contributed by atoms with Crippen LogP contribution in [0, 0.1) is 0 Å². The minimum atomic E-state index is -1.58. The Morgan fingerprint density at radius 1 is 1.00 bits per heavy atom. The smallest absolute Gasteiger partial charge is 0.259 e. The molecule has 1 unspecified atom stereocenters. The van der Waals surface area contributed by atoms with Crippen molar-refractivity contribution in [1.29, 1.82) is 0 Å². The fourth-order valence-electron chi connectivity index (χ4n) is 4.05. The van der Waals surface area contributed by atoms with Gasteiger partial charge in [-0.2, -0.15) is 0 Å². The van der Waals surface area contributed by atoms with Crippen molar-refractivity contribution in [2.75, 3.05) is 23.4 Å². The first-order valence-corrected chi connectivity index (χ1v) is 11.3. The number of carbonyl (C=O) groups is 2. The molecule has 4 N–H and O–H groups in total. The van der Waals surface area contributed by atoms with Gasteiger partial charge in [-0.05, 0) is 61.4 Å². The van der Waals surface area contributed by atoms with Gasteiger partial charge in [0, 0.05) is 17.8 Å². The maximum Gasteiger partial charge on any atom is 0.259 e. The van der Waals surface area contributed by atoms with Crippen LogP contribution >= 0.6 is 23.2 Å². The van der Waals surface area contributed by atoms with Gasteiger partial charge in [0.05, 0.1) is 33.5 Å². The summed E-state index contributed by atoms with van der Waals surface area (Å²) in [6.45, 7) is -0.272. The van der Waals surface area contributed by atoms with Crippen LogP contribution in [0.15, 0.2) is 60.7 Å². The summed E-state index contributed by atoms with van der Waals surface area (Å²) in [6.07, 6.45) is 0.631. The molecule has 0 aromatic heterocycles. The first kappa shape index (κ1) is 24.0. The zero-order chi connectivity index (χ0) is 24.5. The second kappa shape index (κ2) is 9.64. The van der Waals surface area contributed by atoms with Crippen LogP contribution in [0.5, 0.6) is 5.75 Å². The summed E-state index contributed by atoms with van der Waals surface area (Å²) in [4.78, 5) is 27.4. The van der Waals surface area contributed by atoms with Crippen LogP contribution in [-0.2, 0) is 5.60 Å². The van der Waals surface area contributed by atoms with E-state index in [2.05, 4.69) is 5.32 Å². The fraction of sp³-hybridized carbons (Fsp3) is 0.200. The zero-order valence-corrected chi connectivity index (χ0v) is 19.5. The molecule has 3 aromatic carbocycles. The zero-order valence-electron chi connectivity index (χ0n) is 18.0. The summed E-state index contributed by atoms with van der Waals surface area (Å²) < 4.78 is 0. The van der Waals surface area contributed by atoms with E-state index in [4.69, 9.17) is 23.2 Å². The van der Waals surface area contributed by atoms with Crippen LogP contribution in [0.25, 0.3) is 0 Å². The van der Waals surface area contributed by atoms with E-state index in [9.17, 15) is 24.9 Å². The number of hydrogen-bond acceptors (Lipinski definition) is 5. The predicted octanol–water partition coefficient (Wildman–Crippen LogP) is 4.57. The van der Waals surface area contributed by atoms with Crippen molar-refractivity contribution in [1.82, 2.24) is 0 Å². The number of hydrogen-bond donors (Lipinski definition) is 4. The van der Waals surface area contributed by atoms with Gasteiger partial charge in [-0.1, -0.05) is 35.3 Å². The van der Waals surface area contributed by atoms with E-state index in [1.54, 1.807) is 30.3 Å². The van der Waals surface area contributed by atoms with E-state index in [1.807, 2.05) is 0 Å². The molecule has 0 saturated carbocycles. The van der Waals surface area contributed by atoms with Crippen molar-refractivity contribution in [3.63, 3.8) is 0 Å². The van der Waals surface area contributed by atoms with E-state index in [0.717, 1.165) is 0 Å². The number of nitrogens with zero attached hydrogens (tertiary/aromatic N) is 1. The highest BCUT2D eigenvalue weighted by molar-refractivity contribution is 6.35. The molecular formula is C25H22Cl2N2O5. The molecule has 1 atom stereocenters. The molecule has 1 heterocycles. The molecule has 3 aromatic rings. The van der Waals surface area contributed by atoms with E-state index >= 15 is 0 Å². The number of phenolic OH excluding ortho intramolecular Hbond substituents is 1. The average Bonchev–Trinajstić information content (AvgIpc) is 2.96. The standard InChI is InChI=1S/C25H22Cl2N2O5/c26-20-5-2-1-4-17(20)23(32)28-15-6-8-18(21(27)12-15)24(33)29-11-3-10-25(34,14-30)19-13-16(31)7-9-22(19)29/h1-2,4-9,12-13,30-31,34H,3,10-11,14H2,(H,28,32). The Morgan fingerprint density at radius 2 is 1.76 bits per heavy atom. The summed E-state index contributed by atoms with van der Waals surface area (Å²) in [7, 11) is 0. The molecule has 1 aliphatic heterocycles. The van der Waals surface area contributed by atoms with Crippen molar-refractivity contribution < 1.29 is 24.9 Å². The Kier molecular flexibility index (Phi) is 6.81. The number of anilines is 2. The van der Waals surface area contributed by atoms with Crippen molar-refractivity contribution in [3.05, 3.63) is 87.4 Å². The minimum Gasteiger partial charge on any atom is -0.508 e. The molecule has 0 saturated heterocycles. The van der Waals surface area contributed by atoms with Crippen molar-refractivity contribution in [2.45, 2.75) is 18.4 Å². The lowest BCUT2D eigenvalue weighted by Gasteiger charge is -2.28. The molecule has 4 rings (SSSR count). The Hall–Kier alpha value is -3.10. The summed E-state index contributed by atoms with van der Waals surface area (Å²) in [6, 6.07) is 15.5. The lowest BCUT2D eigenvalue weighted by Crippen LogP contribution is -2.33. The molecule has 2 amide bonds. The maximum absolute atomic E-state index is 13.5. The summed E-state index contributed by atoms with van der Waals surface area (Å²) in [5, 5.41) is 33.8. The number of phenols is 1. The molecule has 0 bridgehead atoms. The van der Waals surface area contributed by atoms with Gasteiger partial charge in [-0.25, -0.2) is 0 Å². The summed E-state index contributed by atoms with van der Waals surface area (Å²) >= 11 is 12.5. The van der Waals surface area contributed by atoms with Crippen LogP contribution < -0.4 is 10.2 Å². The molecule has 9 heteroatoms. The van der Waals surface area contributed by atoms with Crippen molar-refractivity contribution in [2.24, 2.45) is 0 Å². The topological polar surface area (TPSA) is 110 Å². The molecule has 34 heavy (non-hydrogen) atoms. The number of nitrogens with one attached hydrogen (secondary N) is 1. The van der Waals surface area contributed by atoms with Crippen molar-refractivity contribution in [3.8, 4) is 5.75 Å². The molecule has 0 aliphatic carbocycles. The summed E-state index contributed by atoms with van der Waals surface area (Å²) in [5.74, 6) is -0.912. The van der Waals surface area contributed by atoms with Gasteiger partial charge >= 0.3 is 0 Å². The highest BCUT2D eigenvalue weighted by Gasteiger charge is 2.37. The normalized spacial score (nSPS) is 17.6. The maximum atomic E-state index is 13.5. The fourth-order valence-corrected chi connectivity index (χ4v) is 4.53. The van der Waals surface area contributed by atoms with Crippen LogP contribution in [0.3, 0.4) is 0 Å². The second-order valence-corrected chi connectivity index (χ2v) is 8.89. The Morgan fingerprint density at radius 3 is 2.47 bits per heavy atom. The van der Waals surface area contributed by atoms with E-state index < -0.39 is 24.0 Å². The molecule has 7 nitrogen and oxygen atoms in total. The number of halogens is 2. The monoisotopic (exact) mass is 500 g/mol. The lowest BCUT2D eigenvalue weighted by molar-refractivity contribution is -0.0253. The lowest BCUT2D eigenvalue weighted by atomic mass is 9.89. The highest BCUT2D eigenvalue weighted by Crippen LogP contribution is 2.40. The van der Waals surface area contributed by atoms with E-state index in [-0.39, 0.29) is 34.9 Å². The number of benzene rings is 3. The van der Waals surface area contributed by atoms with Crippen molar-refractivity contribution >= 4 is 46.4 Å². The van der Waals surface area contributed by atoms with Crippen LogP contribution in [-0.4, -0.2) is 40.3 Å². The van der Waals surface area contributed by atoms with Crippen LogP contribution in [0.4, 0.5) is 11.4 Å². The molecule has 1 aliphatic rings. The molecule has 0 spiro atoms. The molecular weight excluding hydrogens is 479 g/mol. The molecule has 176 valence electrons. The highest BCUT2D eigenvalue weighted by atomic mass is 35.5. The second-order valence-electron chi connectivity index (χ2n) is 8.08. The first-order chi connectivity index (χ1) is 16.2. The minimum absolute atomic E-state index is 0.0865. The molecule has 0 radical (unpaired) electrons. The van der Waals surface area contributed by atoms with E-state index in [0.29, 0.717) is 28.4 Å². The van der Waals surface area contributed by atoms with Gasteiger partial charge < -0.3 is 25.5 Å². The average molecular weight is 501 g/mol. The van der Waals surface area contributed by atoms with Gasteiger partial charge in [-0.3, -0.25) is 9.59 Å². The SMILES string of the molecule is O=C(Nc1ccc(C(=O)N2CCCC(O)(CO)c3cc(O)ccc32)c(Cl)c1)c1ccccc1Cl. The van der Waals surface area contributed by atoms with Crippen LogP contribution in [0.1, 0.15) is 39.1 Å². The Bertz CT molecular complexity index is 1270. The van der Waals surface area contributed by atoms with Gasteiger partial charge in [0.25, 0.3) is 11.8 Å². The largest absolute Gasteiger partial charge is 0.508 e. The van der Waals surface area contributed by atoms with Gasteiger partial charge in [0.2, 0.25) is 0 Å². The van der Waals surface area contributed by atoms with Crippen LogP contribution in [0.2, 0.25) is 10.0 Å². The third-order valence-electron chi connectivity index (χ3n) is 5.83. The summed E-state index contributed by atoms with van der Waals surface area (Å²) in [5.41, 5.74) is -0.0428. The predicted molar refractivity (Wildman–Crippen MR) is 131 cm³/mol. The van der Waals surface area contributed by atoms with Gasteiger partial charge in [-0.15, -0.1) is 0 Å². The Balaban J connectivity index is 1.63. The number of aromatic hydroxyl groups is 1. The first-order valence-electron chi connectivity index (χ1n) is 10.6. The number of fused-ring (bicyclic) bond motifs is 1.